The summed E-state index contributed by atoms with van der Waals surface area (Å²) in [5.41, 5.74) is 2.56. The third kappa shape index (κ3) is 3.48. The molecule has 0 saturated carbocycles. The molecule has 9 heteroatoms. The molecule has 2 atom stereocenters. The molecule has 0 aliphatic carbocycles. The molecule has 9 nitrogen and oxygen atoms in total. The van der Waals surface area contributed by atoms with Crippen LogP contribution in [0.3, 0.4) is 0 Å². The molecule has 4 amide bonds. The largest absolute Gasteiger partial charge is 0.325 e. The summed E-state index contributed by atoms with van der Waals surface area (Å²) in [4.78, 5) is 40.7. The molecule has 152 valence electrons. The van der Waals surface area contributed by atoms with Crippen LogP contribution in [0.15, 0.2) is 30.5 Å². The average molecular weight is 396 g/mol. The Hall–Kier alpha value is -3.23. The number of para-hydroxylation sites is 1. The summed E-state index contributed by atoms with van der Waals surface area (Å²) in [7, 11) is 0. The van der Waals surface area contributed by atoms with Crippen LogP contribution >= 0.6 is 0 Å². The van der Waals surface area contributed by atoms with Crippen LogP contribution in [0.2, 0.25) is 0 Å². The van der Waals surface area contributed by atoms with Crippen LogP contribution in [-0.2, 0) is 22.4 Å². The molecular weight excluding hydrogens is 372 g/mol. The van der Waals surface area contributed by atoms with Gasteiger partial charge in [-0.25, -0.2) is 9.48 Å². The Bertz CT molecular complexity index is 969. The summed E-state index contributed by atoms with van der Waals surface area (Å²) in [5, 5.41) is 10.7. The molecule has 1 saturated heterocycles. The second-order valence-electron chi connectivity index (χ2n) is 7.86. The lowest BCUT2D eigenvalue weighted by Gasteiger charge is -2.24. The SMILES string of the molecule is CC(C)n1cc(C[C@H]2NC(=O)N(CC(=O)N3c4ccccc4C[C@H]3C)C2=O)nn1. The van der Waals surface area contributed by atoms with Crippen molar-refractivity contribution in [1.29, 1.82) is 0 Å². The van der Waals surface area contributed by atoms with Gasteiger partial charge in [0, 0.05) is 30.4 Å². The molecule has 1 aromatic heterocycles. The Morgan fingerprint density at radius 1 is 1.28 bits per heavy atom. The van der Waals surface area contributed by atoms with Crippen LogP contribution in [0.25, 0.3) is 0 Å². The van der Waals surface area contributed by atoms with Crippen LogP contribution in [0.1, 0.15) is 38.1 Å². The van der Waals surface area contributed by atoms with E-state index >= 15 is 0 Å². The van der Waals surface area contributed by atoms with Gasteiger partial charge in [0.1, 0.15) is 12.6 Å². The lowest BCUT2D eigenvalue weighted by molar-refractivity contribution is -0.131. The number of carbonyl (C=O) groups is 3. The summed E-state index contributed by atoms with van der Waals surface area (Å²) in [6, 6.07) is 6.56. The number of anilines is 1. The number of fused-ring (bicyclic) bond motifs is 1. The van der Waals surface area contributed by atoms with Gasteiger partial charge in [0.2, 0.25) is 5.91 Å². The highest BCUT2D eigenvalue weighted by Crippen LogP contribution is 2.32. The number of hydrogen-bond donors (Lipinski definition) is 1. The summed E-state index contributed by atoms with van der Waals surface area (Å²) < 4.78 is 1.70. The number of imide groups is 1. The zero-order valence-electron chi connectivity index (χ0n) is 16.7. The molecule has 2 aliphatic heterocycles. The van der Waals surface area contributed by atoms with Gasteiger partial charge in [-0.05, 0) is 38.8 Å². The Kier molecular flexibility index (Phi) is 4.81. The highest BCUT2D eigenvalue weighted by atomic mass is 16.2. The van der Waals surface area contributed by atoms with E-state index < -0.39 is 18.0 Å². The number of aromatic nitrogens is 3. The standard InChI is InChI=1S/C20H24N6O3/c1-12(2)25-10-15(22-23-25)9-16-19(28)24(20(29)21-16)11-18(27)26-13(3)8-14-6-4-5-7-17(14)26/h4-7,10,12-13,16H,8-9,11H2,1-3H3,(H,21,29)/t13-,16-/m1/s1. The smallest absolute Gasteiger partial charge is 0.325 e. The molecule has 0 bridgehead atoms. The van der Waals surface area contributed by atoms with Gasteiger partial charge in [-0.3, -0.25) is 14.5 Å². The number of benzene rings is 1. The highest BCUT2D eigenvalue weighted by Gasteiger charge is 2.41. The van der Waals surface area contributed by atoms with Gasteiger partial charge >= 0.3 is 6.03 Å². The van der Waals surface area contributed by atoms with Crippen LogP contribution in [-0.4, -0.2) is 56.4 Å². The van der Waals surface area contributed by atoms with Gasteiger partial charge in [0.05, 0.1) is 5.69 Å². The maximum Gasteiger partial charge on any atom is 0.325 e. The van der Waals surface area contributed by atoms with E-state index in [1.807, 2.05) is 45.0 Å². The van der Waals surface area contributed by atoms with Crippen LogP contribution < -0.4 is 10.2 Å². The van der Waals surface area contributed by atoms with Crippen molar-refractivity contribution < 1.29 is 14.4 Å². The molecule has 29 heavy (non-hydrogen) atoms. The Labute approximate surface area is 168 Å². The van der Waals surface area contributed by atoms with E-state index in [-0.39, 0.29) is 31.0 Å². The molecule has 2 aromatic rings. The van der Waals surface area contributed by atoms with Crippen LogP contribution in [0.5, 0.6) is 0 Å². The summed E-state index contributed by atoms with van der Waals surface area (Å²) in [6.45, 7) is 5.64. The number of urea groups is 1. The van der Waals surface area contributed by atoms with E-state index in [2.05, 4.69) is 15.6 Å². The number of amides is 4. The molecule has 4 rings (SSSR count). The van der Waals surface area contributed by atoms with E-state index in [4.69, 9.17) is 0 Å². The molecule has 0 spiro atoms. The van der Waals surface area contributed by atoms with Gasteiger partial charge < -0.3 is 10.2 Å². The van der Waals surface area contributed by atoms with Crippen LogP contribution in [0, 0.1) is 0 Å². The van der Waals surface area contributed by atoms with Gasteiger partial charge in [-0.15, -0.1) is 5.10 Å². The third-order valence-electron chi connectivity index (χ3n) is 5.38. The highest BCUT2D eigenvalue weighted by molar-refractivity contribution is 6.08. The van der Waals surface area contributed by atoms with Gasteiger partial charge in [0.15, 0.2) is 0 Å². The van der Waals surface area contributed by atoms with Crippen molar-refractivity contribution >= 4 is 23.5 Å². The summed E-state index contributed by atoms with van der Waals surface area (Å²) in [6.07, 6.45) is 2.77. The fourth-order valence-corrected chi connectivity index (χ4v) is 3.89. The monoisotopic (exact) mass is 396 g/mol. The fraction of sp³-hybridized carbons (Fsp3) is 0.450. The Balaban J connectivity index is 1.44. The Morgan fingerprint density at radius 2 is 2.03 bits per heavy atom. The van der Waals surface area contributed by atoms with Crippen molar-refractivity contribution in [2.24, 2.45) is 0 Å². The maximum atomic E-state index is 12.9. The number of rotatable bonds is 5. The molecule has 2 aliphatic rings. The molecule has 3 heterocycles. The van der Waals surface area contributed by atoms with E-state index in [0.29, 0.717) is 5.69 Å². The zero-order chi connectivity index (χ0) is 20.7. The fourth-order valence-electron chi connectivity index (χ4n) is 3.89. The number of nitrogens with zero attached hydrogens (tertiary/aromatic N) is 5. The lowest BCUT2D eigenvalue weighted by atomic mass is 10.1. The predicted octanol–water partition coefficient (Wildman–Crippen LogP) is 1.30. The van der Waals surface area contributed by atoms with Crippen molar-refractivity contribution in [3.63, 3.8) is 0 Å². The van der Waals surface area contributed by atoms with Crippen molar-refractivity contribution in [3.8, 4) is 0 Å². The maximum absolute atomic E-state index is 12.9. The minimum absolute atomic E-state index is 0.0115. The third-order valence-corrected chi connectivity index (χ3v) is 5.38. The van der Waals surface area contributed by atoms with E-state index in [9.17, 15) is 14.4 Å². The van der Waals surface area contributed by atoms with Crippen LogP contribution in [0.4, 0.5) is 10.5 Å². The number of nitrogens with one attached hydrogen (secondary N) is 1. The topological polar surface area (TPSA) is 100 Å². The van der Waals surface area contributed by atoms with Gasteiger partial charge in [0.25, 0.3) is 5.91 Å². The molecular formula is C20H24N6O3. The van der Waals surface area contributed by atoms with E-state index in [1.165, 1.54) is 0 Å². The van der Waals surface area contributed by atoms with Gasteiger partial charge in [-0.1, -0.05) is 23.4 Å². The average Bonchev–Trinajstić information content (AvgIpc) is 3.34. The van der Waals surface area contributed by atoms with Crippen molar-refractivity contribution in [1.82, 2.24) is 25.2 Å². The number of hydrogen-bond acceptors (Lipinski definition) is 5. The van der Waals surface area contributed by atoms with E-state index in [1.54, 1.807) is 15.8 Å². The molecule has 1 N–H and O–H groups in total. The van der Waals surface area contributed by atoms with Crippen molar-refractivity contribution in [2.45, 2.75) is 51.7 Å². The molecule has 0 unspecified atom stereocenters. The second kappa shape index (κ2) is 7.31. The Morgan fingerprint density at radius 3 is 2.76 bits per heavy atom. The summed E-state index contributed by atoms with van der Waals surface area (Å²) in [5.74, 6) is -0.681. The van der Waals surface area contributed by atoms with Crippen molar-refractivity contribution in [2.75, 3.05) is 11.4 Å². The first-order chi connectivity index (χ1) is 13.8. The zero-order valence-corrected chi connectivity index (χ0v) is 16.7. The first kappa shape index (κ1) is 19.1. The van der Waals surface area contributed by atoms with E-state index in [0.717, 1.165) is 22.6 Å². The predicted molar refractivity (Wildman–Crippen MR) is 105 cm³/mol. The van der Waals surface area contributed by atoms with Crippen molar-refractivity contribution in [3.05, 3.63) is 41.7 Å². The normalized spacial score (nSPS) is 21.1. The van der Waals surface area contributed by atoms with Gasteiger partial charge in [-0.2, -0.15) is 0 Å². The molecule has 1 fully saturated rings. The molecule has 0 radical (unpaired) electrons. The quantitative estimate of drug-likeness (QED) is 0.768. The molecule has 1 aromatic carbocycles. The second-order valence-corrected chi connectivity index (χ2v) is 7.86. The first-order valence-electron chi connectivity index (χ1n) is 9.77. The minimum atomic E-state index is -0.740. The lowest BCUT2D eigenvalue weighted by Crippen LogP contribution is -2.45. The first-order valence-corrected chi connectivity index (χ1v) is 9.77. The number of carbonyl (C=O) groups excluding carboxylic acids is 3. The summed E-state index contributed by atoms with van der Waals surface area (Å²) >= 11 is 0. The minimum Gasteiger partial charge on any atom is -0.325 e.